The fourth-order valence-electron chi connectivity index (χ4n) is 12.9. The molecule has 5 aliphatic carbocycles. The molecule has 8 aliphatic rings. The molecule has 0 aromatic heterocycles. The molecule has 4 N–H and O–H groups in total. The Hall–Kier alpha value is -0.320. The number of hydrogen-bond acceptors (Lipinski definition) is 8. The number of nitrogens with two attached hydrogens (primary N) is 1. The quantitative estimate of drug-likeness (QED) is 0.353. The molecular weight excluding hydrogens is 580 g/mol. The largest absolute Gasteiger partial charge is 0.400 e. The van der Waals surface area contributed by atoms with Crippen LogP contribution >= 0.6 is 0 Å². The Morgan fingerprint density at radius 1 is 0.935 bits per heavy atom. The molecule has 5 saturated carbocycles. The third-order valence-electron chi connectivity index (χ3n) is 15.3. The van der Waals surface area contributed by atoms with Crippen LogP contribution in [-0.2, 0) is 18.9 Å². The molecule has 0 amide bonds. The first-order valence-corrected chi connectivity index (χ1v) is 19.1. The fourth-order valence-corrected chi connectivity index (χ4v) is 12.9. The number of aliphatic hydroxyl groups excluding tert-OH is 1. The van der Waals surface area contributed by atoms with Gasteiger partial charge >= 0.3 is 0 Å². The number of aliphatic hydroxyl groups is 2. The van der Waals surface area contributed by atoms with E-state index < -0.39 is 5.60 Å². The van der Waals surface area contributed by atoms with Gasteiger partial charge in [0.15, 0.2) is 6.29 Å². The molecule has 8 unspecified atom stereocenters. The van der Waals surface area contributed by atoms with Crippen LogP contribution in [-0.4, -0.2) is 97.4 Å². The van der Waals surface area contributed by atoms with Crippen molar-refractivity contribution in [3.8, 4) is 0 Å². The average molecular weight is 651 g/mol. The van der Waals surface area contributed by atoms with E-state index >= 15 is 0 Å². The van der Waals surface area contributed by atoms with Crippen LogP contribution in [0.25, 0.3) is 0 Å². The fraction of sp³-hybridized carbons (Fsp3) is 1.00. The van der Waals surface area contributed by atoms with Crippen LogP contribution in [0.5, 0.6) is 0 Å². The lowest BCUT2D eigenvalue weighted by molar-refractivity contribution is -0.253. The molecule has 12 atom stereocenters. The monoisotopic (exact) mass is 651 g/mol. The first-order valence-electron chi connectivity index (χ1n) is 19.1. The highest BCUT2D eigenvalue weighted by Gasteiger charge is 2.80. The molecule has 8 heteroatoms. The zero-order valence-corrected chi connectivity index (χ0v) is 30.4. The van der Waals surface area contributed by atoms with Crippen molar-refractivity contribution in [2.45, 2.75) is 155 Å². The maximum absolute atomic E-state index is 10.6. The van der Waals surface area contributed by atoms with Gasteiger partial charge in [0.2, 0.25) is 0 Å². The molecule has 8 rings (SSSR count). The van der Waals surface area contributed by atoms with Gasteiger partial charge in [-0.05, 0) is 123 Å². The van der Waals surface area contributed by atoms with Gasteiger partial charge in [0.25, 0.3) is 0 Å². The number of ether oxygens (including phenoxy) is 4. The third kappa shape index (κ3) is 5.37. The van der Waals surface area contributed by atoms with E-state index in [2.05, 4.69) is 25.7 Å². The van der Waals surface area contributed by atoms with E-state index in [4.69, 9.17) is 29.8 Å². The Bertz CT molecular complexity index is 1070. The van der Waals surface area contributed by atoms with Crippen LogP contribution in [0.4, 0.5) is 0 Å². The summed E-state index contributed by atoms with van der Waals surface area (Å²) in [5.41, 5.74) is 7.24. The number of nitrogens with zero attached hydrogens (tertiary/aromatic N) is 1. The summed E-state index contributed by atoms with van der Waals surface area (Å²) in [6.07, 6.45) is 13.4. The molecule has 3 aliphatic heterocycles. The minimum absolute atomic E-state index is 0. The van der Waals surface area contributed by atoms with Crippen molar-refractivity contribution in [3.05, 3.63) is 0 Å². The summed E-state index contributed by atoms with van der Waals surface area (Å²) >= 11 is 0. The third-order valence-corrected chi connectivity index (χ3v) is 15.3. The van der Waals surface area contributed by atoms with Gasteiger partial charge in [-0.25, -0.2) is 0 Å². The van der Waals surface area contributed by atoms with Gasteiger partial charge in [0.1, 0.15) is 0 Å². The van der Waals surface area contributed by atoms with E-state index in [-0.39, 0.29) is 31.4 Å². The molecule has 0 aromatic carbocycles. The zero-order chi connectivity index (χ0) is 33.3. The van der Waals surface area contributed by atoms with E-state index in [1.807, 2.05) is 27.7 Å². The maximum Gasteiger partial charge on any atom is 0.170 e. The minimum atomic E-state index is -0.904. The number of hydrogen-bond donors (Lipinski definition) is 3. The van der Waals surface area contributed by atoms with Crippen molar-refractivity contribution in [1.82, 2.24) is 4.90 Å². The van der Waals surface area contributed by atoms with Crippen molar-refractivity contribution >= 4 is 0 Å². The van der Waals surface area contributed by atoms with Gasteiger partial charge in [0, 0.05) is 15.1 Å². The molecule has 268 valence electrons. The van der Waals surface area contributed by atoms with Crippen LogP contribution in [0, 0.1) is 45.3 Å². The summed E-state index contributed by atoms with van der Waals surface area (Å²) in [4.78, 5) is 2.53. The normalized spacial score (nSPS) is 48.3. The molecule has 2 spiro atoms. The van der Waals surface area contributed by atoms with E-state index in [1.54, 1.807) is 0 Å². The van der Waals surface area contributed by atoms with Gasteiger partial charge in [-0.3, -0.25) is 4.90 Å². The predicted molar refractivity (Wildman–Crippen MR) is 182 cm³/mol. The summed E-state index contributed by atoms with van der Waals surface area (Å²) < 4.78 is 25.4. The summed E-state index contributed by atoms with van der Waals surface area (Å²) in [5.74, 6) is 3.02. The second-order valence-corrected chi connectivity index (χ2v) is 17.6. The molecule has 8 nitrogen and oxygen atoms in total. The smallest absolute Gasteiger partial charge is 0.170 e. The Labute approximate surface area is 281 Å². The Balaban J connectivity index is 0.000000837. The Morgan fingerprint density at radius 2 is 1.65 bits per heavy atom. The molecule has 0 radical (unpaired) electrons. The number of rotatable bonds is 5. The lowest BCUT2D eigenvalue weighted by Crippen LogP contribution is -2.58. The van der Waals surface area contributed by atoms with Crippen molar-refractivity contribution in [3.63, 3.8) is 0 Å². The average Bonchev–Trinajstić information content (AvgIpc) is 3.59. The van der Waals surface area contributed by atoms with Gasteiger partial charge < -0.3 is 34.9 Å². The summed E-state index contributed by atoms with van der Waals surface area (Å²) in [7, 11) is 1.00. The van der Waals surface area contributed by atoms with Gasteiger partial charge in [-0.2, -0.15) is 0 Å². The maximum atomic E-state index is 10.6. The molecule has 46 heavy (non-hydrogen) atoms. The first-order chi connectivity index (χ1) is 21.9. The SMILES string of the molecule is CC.CC12CC[C@@]34C[C@@]35CC[C@H](OC3CN(C6COC6)CCO3)C(C)(C)C5CCC4C1CC1OC([C@H](N)C(C)(C)O)CCC12.CO.[HH]. The molecule has 0 bridgehead atoms. The minimum Gasteiger partial charge on any atom is -0.400 e. The molecular formula is C38H70N2O6. The second kappa shape index (κ2) is 12.8. The lowest BCUT2D eigenvalue weighted by Gasteiger charge is -2.60. The first kappa shape index (κ1) is 35.5. The highest BCUT2D eigenvalue weighted by Crippen LogP contribution is 2.87. The van der Waals surface area contributed by atoms with E-state index in [1.165, 1.54) is 57.8 Å². The topological polar surface area (TPSA) is 107 Å². The van der Waals surface area contributed by atoms with Crippen LogP contribution in [0.15, 0.2) is 0 Å². The van der Waals surface area contributed by atoms with Gasteiger partial charge in [-0.1, -0.05) is 34.6 Å². The van der Waals surface area contributed by atoms with Crippen LogP contribution < -0.4 is 5.73 Å². The van der Waals surface area contributed by atoms with Crippen molar-refractivity contribution in [2.75, 3.05) is 40.0 Å². The van der Waals surface area contributed by atoms with E-state index in [0.717, 1.165) is 64.2 Å². The van der Waals surface area contributed by atoms with Crippen molar-refractivity contribution < 1.29 is 30.6 Å². The molecule has 8 fully saturated rings. The van der Waals surface area contributed by atoms with Crippen LogP contribution in [0.3, 0.4) is 0 Å². The van der Waals surface area contributed by atoms with Crippen molar-refractivity contribution in [2.24, 2.45) is 51.1 Å². The highest BCUT2D eigenvalue weighted by molar-refractivity contribution is 5.29. The van der Waals surface area contributed by atoms with Crippen molar-refractivity contribution in [1.29, 1.82) is 0 Å². The molecule has 3 saturated heterocycles. The van der Waals surface area contributed by atoms with E-state index in [9.17, 15) is 5.11 Å². The number of fused-ring (bicyclic) bond motifs is 4. The summed E-state index contributed by atoms with van der Waals surface area (Å²) in [6, 6.07) is 0.228. The highest BCUT2D eigenvalue weighted by atomic mass is 16.7. The zero-order valence-electron chi connectivity index (χ0n) is 30.4. The Morgan fingerprint density at radius 3 is 2.33 bits per heavy atom. The van der Waals surface area contributed by atoms with Gasteiger partial charge in [0.05, 0.1) is 62.4 Å². The van der Waals surface area contributed by atoms with E-state index in [0.29, 0.717) is 34.3 Å². The molecule has 0 aromatic rings. The standard InChI is InChI=1S/C35H58N2O5.C2H6.CH4O.H2/c1-31(2)27-9-7-22-24-16-26-23(6-8-25(41-26)30(36)32(3,4)38)33(24,5)12-13-34(22)20-35(27,34)11-10-28(31)42-29-17-37(14-15-40-29)21-18-39-19-21;2*1-2;/h21-30,38H,6-20,36H2,1-5H3;1-2H3;2H,1H3;1H/t22?,23?,24?,25?,26?,27?,28-,29?,30-,33?,34-,35+;;;/m0.../s1. The predicted octanol–water partition coefficient (Wildman–Crippen LogP) is 5.61. The van der Waals surface area contributed by atoms with Gasteiger partial charge in [-0.15, -0.1) is 0 Å². The number of morpholine rings is 1. The van der Waals surface area contributed by atoms with Crippen LogP contribution in [0.1, 0.15) is 114 Å². The molecule has 3 heterocycles. The Kier molecular flexibility index (Phi) is 9.86. The second-order valence-electron chi connectivity index (χ2n) is 17.6. The summed E-state index contributed by atoms with van der Waals surface area (Å²) in [6.45, 7) is 19.7. The van der Waals surface area contributed by atoms with Crippen LogP contribution in [0.2, 0.25) is 0 Å². The summed E-state index contributed by atoms with van der Waals surface area (Å²) in [5, 5.41) is 17.6. The lowest BCUT2D eigenvalue weighted by atomic mass is 9.46.